The number of aromatic hydroxyl groups is 3. The summed E-state index contributed by atoms with van der Waals surface area (Å²) in [5.41, 5.74) is 2.12. The van der Waals surface area contributed by atoms with E-state index in [2.05, 4.69) is 0 Å². The van der Waals surface area contributed by atoms with Gasteiger partial charge in [-0.05, 0) is 27.2 Å². The van der Waals surface area contributed by atoms with E-state index in [1.807, 2.05) is 19.9 Å². The lowest BCUT2D eigenvalue weighted by Crippen LogP contribution is -1.95. The fourth-order valence-corrected chi connectivity index (χ4v) is 1.60. The molecule has 0 aromatic heterocycles. The Kier molecular flexibility index (Phi) is 3.89. The average molecular weight is 238 g/mol. The van der Waals surface area contributed by atoms with Crippen molar-refractivity contribution in [3.8, 4) is 23.0 Å². The number of phenols is 3. The van der Waals surface area contributed by atoms with Crippen molar-refractivity contribution < 1.29 is 20.1 Å². The molecule has 0 saturated heterocycles. The van der Waals surface area contributed by atoms with Crippen LogP contribution in [0.5, 0.6) is 23.0 Å². The van der Waals surface area contributed by atoms with Crippen LogP contribution in [-0.4, -0.2) is 22.4 Å². The minimum absolute atomic E-state index is 0.0924. The van der Waals surface area contributed by atoms with E-state index < -0.39 is 5.75 Å². The summed E-state index contributed by atoms with van der Waals surface area (Å²) in [5, 5.41) is 29.3. The first-order chi connectivity index (χ1) is 7.90. The summed E-state index contributed by atoms with van der Waals surface area (Å²) >= 11 is 0. The smallest absolute Gasteiger partial charge is 0.207 e. The highest BCUT2D eigenvalue weighted by molar-refractivity contribution is 5.65. The molecule has 0 fully saturated rings. The standard InChI is InChI=1S/C13H18O4/c1-7(2)5-6-9-8(3)10(14)12(16)13(17-4)11(9)15/h5,14-16H,6H2,1-4H3. The van der Waals surface area contributed by atoms with Gasteiger partial charge < -0.3 is 20.1 Å². The van der Waals surface area contributed by atoms with Crippen molar-refractivity contribution in [2.45, 2.75) is 27.2 Å². The maximum Gasteiger partial charge on any atom is 0.207 e. The summed E-state index contributed by atoms with van der Waals surface area (Å²) in [6, 6.07) is 0. The van der Waals surface area contributed by atoms with Crippen LogP contribution < -0.4 is 4.74 Å². The normalized spacial score (nSPS) is 10.1. The van der Waals surface area contributed by atoms with Crippen molar-refractivity contribution in [3.05, 3.63) is 22.8 Å². The Bertz CT molecular complexity index is 457. The predicted octanol–water partition coefficient (Wildman–Crippen LogP) is 2.63. The van der Waals surface area contributed by atoms with Gasteiger partial charge in [-0.15, -0.1) is 0 Å². The van der Waals surface area contributed by atoms with E-state index >= 15 is 0 Å². The molecule has 17 heavy (non-hydrogen) atoms. The molecule has 94 valence electrons. The minimum atomic E-state index is -0.427. The van der Waals surface area contributed by atoms with Crippen LogP contribution in [0.3, 0.4) is 0 Å². The number of benzene rings is 1. The van der Waals surface area contributed by atoms with Crippen LogP contribution in [0.4, 0.5) is 0 Å². The Morgan fingerprint density at radius 3 is 2.18 bits per heavy atom. The number of rotatable bonds is 3. The van der Waals surface area contributed by atoms with E-state index in [1.54, 1.807) is 6.92 Å². The molecule has 0 aliphatic carbocycles. The Hall–Kier alpha value is -1.84. The average Bonchev–Trinajstić information content (AvgIpc) is 2.26. The van der Waals surface area contributed by atoms with Crippen LogP contribution in [0.15, 0.2) is 11.6 Å². The second-order valence-corrected chi connectivity index (χ2v) is 4.17. The largest absolute Gasteiger partial charge is 0.504 e. The van der Waals surface area contributed by atoms with E-state index in [1.165, 1.54) is 7.11 Å². The van der Waals surface area contributed by atoms with Gasteiger partial charge in [0.25, 0.3) is 0 Å². The highest BCUT2D eigenvalue weighted by Crippen LogP contribution is 2.47. The van der Waals surface area contributed by atoms with E-state index in [4.69, 9.17) is 4.74 Å². The van der Waals surface area contributed by atoms with Gasteiger partial charge >= 0.3 is 0 Å². The molecule has 1 aromatic carbocycles. The molecule has 0 atom stereocenters. The predicted molar refractivity (Wildman–Crippen MR) is 65.9 cm³/mol. The molecular formula is C13H18O4. The number of hydrogen-bond acceptors (Lipinski definition) is 4. The number of allylic oxidation sites excluding steroid dienone is 2. The van der Waals surface area contributed by atoms with Gasteiger partial charge in [-0.25, -0.2) is 0 Å². The van der Waals surface area contributed by atoms with Gasteiger partial charge in [0.1, 0.15) is 0 Å². The van der Waals surface area contributed by atoms with E-state index in [0.29, 0.717) is 17.5 Å². The van der Waals surface area contributed by atoms with E-state index in [9.17, 15) is 15.3 Å². The van der Waals surface area contributed by atoms with Gasteiger partial charge in [0.05, 0.1) is 7.11 Å². The molecule has 0 radical (unpaired) electrons. The zero-order chi connectivity index (χ0) is 13.2. The SMILES string of the molecule is COc1c(O)c(O)c(C)c(CC=C(C)C)c1O. The molecular weight excluding hydrogens is 220 g/mol. The molecule has 0 spiro atoms. The van der Waals surface area contributed by atoms with Crippen molar-refractivity contribution >= 4 is 0 Å². The first-order valence-corrected chi connectivity index (χ1v) is 5.33. The van der Waals surface area contributed by atoms with Crippen molar-refractivity contribution in [1.29, 1.82) is 0 Å². The van der Waals surface area contributed by atoms with E-state index in [-0.39, 0.29) is 17.2 Å². The third-order valence-corrected chi connectivity index (χ3v) is 2.67. The summed E-state index contributed by atoms with van der Waals surface area (Å²) in [4.78, 5) is 0. The zero-order valence-electron chi connectivity index (χ0n) is 10.5. The minimum Gasteiger partial charge on any atom is -0.504 e. The topological polar surface area (TPSA) is 69.9 Å². The van der Waals surface area contributed by atoms with Crippen LogP contribution in [0, 0.1) is 6.92 Å². The zero-order valence-corrected chi connectivity index (χ0v) is 10.5. The van der Waals surface area contributed by atoms with Crippen molar-refractivity contribution in [2.75, 3.05) is 7.11 Å². The molecule has 4 nitrogen and oxygen atoms in total. The maximum atomic E-state index is 9.96. The summed E-state index contributed by atoms with van der Waals surface area (Å²) in [5.74, 6) is -0.900. The summed E-state index contributed by atoms with van der Waals surface area (Å²) < 4.78 is 4.88. The molecule has 3 N–H and O–H groups in total. The van der Waals surface area contributed by atoms with Gasteiger partial charge in [-0.2, -0.15) is 0 Å². The maximum absolute atomic E-state index is 9.96. The lowest BCUT2D eigenvalue weighted by atomic mass is 10.0. The number of methoxy groups -OCH3 is 1. The van der Waals surface area contributed by atoms with Crippen molar-refractivity contribution in [1.82, 2.24) is 0 Å². The Morgan fingerprint density at radius 2 is 1.71 bits per heavy atom. The number of hydrogen-bond donors (Lipinski definition) is 3. The van der Waals surface area contributed by atoms with Gasteiger partial charge in [0.15, 0.2) is 11.5 Å². The molecule has 0 aliphatic rings. The number of phenolic OH excluding ortho intramolecular Hbond substituents is 3. The molecule has 0 unspecified atom stereocenters. The quantitative estimate of drug-likeness (QED) is 0.430. The molecule has 1 rings (SSSR count). The molecule has 0 bridgehead atoms. The van der Waals surface area contributed by atoms with Gasteiger partial charge in [-0.1, -0.05) is 11.6 Å². The van der Waals surface area contributed by atoms with Crippen LogP contribution >= 0.6 is 0 Å². The van der Waals surface area contributed by atoms with Gasteiger partial charge in [-0.3, -0.25) is 0 Å². The van der Waals surface area contributed by atoms with Crippen molar-refractivity contribution in [2.24, 2.45) is 0 Å². The molecule has 0 saturated carbocycles. The molecule has 1 aromatic rings. The first-order valence-electron chi connectivity index (χ1n) is 5.33. The fourth-order valence-electron chi connectivity index (χ4n) is 1.60. The molecule has 0 heterocycles. The summed E-state index contributed by atoms with van der Waals surface area (Å²) in [6.45, 7) is 5.54. The Balaban J connectivity index is 3.39. The molecule has 4 heteroatoms. The summed E-state index contributed by atoms with van der Waals surface area (Å²) in [7, 11) is 1.33. The molecule has 0 amide bonds. The molecule has 0 aliphatic heterocycles. The van der Waals surface area contributed by atoms with Gasteiger partial charge in [0.2, 0.25) is 11.5 Å². The third-order valence-electron chi connectivity index (χ3n) is 2.67. The van der Waals surface area contributed by atoms with Crippen LogP contribution in [0.1, 0.15) is 25.0 Å². The van der Waals surface area contributed by atoms with Crippen LogP contribution in [0.25, 0.3) is 0 Å². The highest BCUT2D eigenvalue weighted by Gasteiger charge is 2.20. The highest BCUT2D eigenvalue weighted by atomic mass is 16.5. The van der Waals surface area contributed by atoms with Crippen molar-refractivity contribution in [3.63, 3.8) is 0 Å². The van der Waals surface area contributed by atoms with Gasteiger partial charge in [0, 0.05) is 11.1 Å². The second-order valence-electron chi connectivity index (χ2n) is 4.17. The fraction of sp³-hybridized carbons (Fsp3) is 0.385. The number of ether oxygens (including phenoxy) is 1. The third kappa shape index (κ3) is 2.46. The summed E-state index contributed by atoms with van der Waals surface area (Å²) in [6.07, 6.45) is 2.40. The van der Waals surface area contributed by atoms with Crippen LogP contribution in [-0.2, 0) is 6.42 Å². The van der Waals surface area contributed by atoms with Crippen LogP contribution in [0.2, 0.25) is 0 Å². The monoisotopic (exact) mass is 238 g/mol. The lowest BCUT2D eigenvalue weighted by Gasteiger charge is -2.14. The first kappa shape index (κ1) is 13.2. The Labute approximate surface area is 101 Å². The lowest BCUT2D eigenvalue weighted by molar-refractivity contribution is 0.326. The van der Waals surface area contributed by atoms with E-state index in [0.717, 1.165) is 5.57 Å². The second kappa shape index (κ2) is 4.99. The Morgan fingerprint density at radius 1 is 1.12 bits per heavy atom.